The number of unbranched alkanes of at least 4 members (excludes halogenated alkanes) is 1. The van der Waals surface area contributed by atoms with Crippen molar-refractivity contribution in [1.82, 2.24) is 0 Å². The second-order valence-corrected chi connectivity index (χ2v) is 5.80. The van der Waals surface area contributed by atoms with Crippen molar-refractivity contribution in [3.63, 3.8) is 0 Å². The Morgan fingerprint density at radius 2 is 1.07 bits per heavy atom. The molecule has 7 nitrogen and oxygen atoms in total. The number of nitrogens with two attached hydrogens (primary N) is 1. The van der Waals surface area contributed by atoms with Crippen molar-refractivity contribution in [1.29, 1.82) is 0 Å². The molecule has 1 aromatic rings. The van der Waals surface area contributed by atoms with Crippen LogP contribution in [0, 0.1) is 0 Å². The molecule has 0 aliphatic heterocycles. The molecule has 156 valence electrons. The minimum atomic E-state index is 0.459. The first-order valence-electron chi connectivity index (χ1n) is 9.70. The molecule has 0 aromatic heterocycles. The van der Waals surface area contributed by atoms with Crippen molar-refractivity contribution in [2.24, 2.45) is 0 Å². The first-order valence-corrected chi connectivity index (χ1v) is 9.70. The molecule has 7 heteroatoms. The zero-order valence-corrected chi connectivity index (χ0v) is 16.5. The lowest BCUT2D eigenvalue weighted by Crippen LogP contribution is -2.14. The Bertz CT molecular complexity index is 446. The molecule has 0 aliphatic rings. The predicted molar refractivity (Wildman–Crippen MR) is 105 cm³/mol. The minimum absolute atomic E-state index is 0.459. The lowest BCUT2D eigenvalue weighted by Gasteiger charge is -2.09. The van der Waals surface area contributed by atoms with Crippen molar-refractivity contribution in [3.05, 3.63) is 24.3 Å². The maximum absolute atomic E-state index is 5.79. The fraction of sp³-hybridized carbons (Fsp3) is 0.700. The summed E-state index contributed by atoms with van der Waals surface area (Å²) in [5.74, 6) is 0.683. The third-order valence-corrected chi connectivity index (χ3v) is 3.53. The van der Waals surface area contributed by atoms with E-state index in [4.69, 9.17) is 34.2 Å². The predicted octanol–water partition coefficient (Wildman–Crippen LogP) is 2.53. The second-order valence-electron chi connectivity index (χ2n) is 5.80. The summed E-state index contributed by atoms with van der Waals surface area (Å²) in [6, 6.07) is 7.40. The smallest absolute Gasteiger partial charge is 0.142 e. The van der Waals surface area contributed by atoms with Crippen LogP contribution in [0.3, 0.4) is 0 Å². The normalized spacial score (nSPS) is 11.0. The van der Waals surface area contributed by atoms with Gasteiger partial charge < -0.3 is 34.2 Å². The van der Waals surface area contributed by atoms with Gasteiger partial charge in [-0.15, -0.1) is 0 Å². The Labute approximate surface area is 163 Å². The lowest BCUT2D eigenvalue weighted by atomic mass is 10.3. The summed E-state index contributed by atoms with van der Waals surface area (Å²) in [5.41, 5.74) is 6.42. The van der Waals surface area contributed by atoms with E-state index < -0.39 is 0 Å². The van der Waals surface area contributed by atoms with Crippen LogP contribution in [0.25, 0.3) is 0 Å². The van der Waals surface area contributed by atoms with Crippen LogP contribution < -0.4 is 10.5 Å². The van der Waals surface area contributed by atoms with E-state index in [0.717, 1.165) is 19.4 Å². The van der Waals surface area contributed by atoms with Crippen LogP contribution in [-0.4, -0.2) is 72.7 Å². The third-order valence-electron chi connectivity index (χ3n) is 3.53. The molecular weight excluding hydrogens is 350 g/mol. The molecule has 27 heavy (non-hydrogen) atoms. The van der Waals surface area contributed by atoms with Gasteiger partial charge in [0.25, 0.3) is 0 Å². The largest absolute Gasteiger partial charge is 0.489 e. The Hall–Kier alpha value is -1.38. The SMILES string of the molecule is CCCCOCCOCCOCCOCCOCCOc1ccccc1N. The fourth-order valence-corrected chi connectivity index (χ4v) is 2.05. The number of anilines is 1. The van der Waals surface area contributed by atoms with Gasteiger partial charge in [0.15, 0.2) is 0 Å². The summed E-state index contributed by atoms with van der Waals surface area (Å²) in [6.45, 7) is 8.45. The van der Waals surface area contributed by atoms with Crippen LogP contribution >= 0.6 is 0 Å². The van der Waals surface area contributed by atoms with Gasteiger partial charge in [0.2, 0.25) is 0 Å². The molecule has 0 spiro atoms. The Morgan fingerprint density at radius 1 is 0.630 bits per heavy atom. The average Bonchev–Trinajstić information content (AvgIpc) is 2.68. The van der Waals surface area contributed by atoms with Gasteiger partial charge in [0.1, 0.15) is 12.4 Å². The Kier molecular flexibility index (Phi) is 15.8. The van der Waals surface area contributed by atoms with Crippen LogP contribution in [0.5, 0.6) is 5.75 Å². The molecular formula is C20H35NO6. The first-order chi connectivity index (χ1) is 13.3. The summed E-state index contributed by atoms with van der Waals surface area (Å²) < 4.78 is 32.6. The molecule has 1 rings (SSSR count). The van der Waals surface area contributed by atoms with Crippen LogP contribution in [0.4, 0.5) is 5.69 Å². The van der Waals surface area contributed by atoms with Gasteiger partial charge in [0.05, 0.1) is 65.1 Å². The molecule has 1 aromatic carbocycles. The van der Waals surface area contributed by atoms with E-state index in [-0.39, 0.29) is 0 Å². The van der Waals surface area contributed by atoms with Gasteiger partial charge in [-0.25, -0.2) is 0 Å². The summed E-state index contributed by atoms with van der Waals surface area (Å²) in [6.07, 6.45) is 2.26. The van der Waals surface area contributed by atoms with Crippen molar-refractivity contribution in [2.45, 2.75) is 19.8 Å². The molecule has 0 radical (unpaired) electrons. The van der Waals surface area contributed by atoms with Gasteiger partial charge in [0, 0.05) is 6.61 Å². The number of hydrogen-bond donors (Lipinski definition) is 1. The average molecular weight is 386 g/mol. The summed E-state index contributed by atoms with van der Waals surface area (Å²) >= 11 is 0. The highest BCUT2D eigenvalue weighted by atomic mass is 16.6. The van der Waals surface area contributed by atoms with Gasteiger partial charge in [-0.3, -0.25) is 0 Å². The van der Waals surface area contributed by atoms with E-state index >= 15 is 0 Å². The van der Waals surface area contributed by atoms with E-state index in [0.29, 0.717) is 77.5 Å². The molecule has 0 unspecified atom stereocenters. The number of rotatable bonds is 19. The van der Waals surface area contributed by atoms with Gasteiger partial charge in [-0.1, -0.05) is 25.5 Å². The Morgan fingerprint density at radius 3 is 1.56 bits per heavy atom. The number of hydrogen-bond acceptors (Lipinski definition) is 7. The molecule has 0 aliphatic carbocycles. The van der Waals surface area contributed by atoms with E-state index in [2.05, 4.69) is 6.92 Å². The molecule has 0 amide bonds. The van der Waals surface area contributed by atoms with Gasteiger partial charge in [-0.05, 0) is 18.6 Å². The molecule has 2 N–H and O–H groups in total. The Balaban J connectivity index is 1.73. The standard InChI is InChI=1S/C20H35NO6/c1-2-3-8-22-9-10-23-11-12-24-13-14-25-15-16-26-17-18-27-20-7-5-4-6-19(20)21/h4-7H,2-3,8-18,21H2,1H3. The highest BCUT2D eigenvalue weighted by Gasteiger charge is 1.98. The monoisotopic (exact) mass is 385 g/mol. The number of benzene rings is 1. The number of nitrogen functional groups attached to an aromatic ring is 1. The lowest BCUT2D eigenvalue weighted by molar-refractivity contribution is -0.0128. The highest BCUT2D eigenvalue weighted by molar-refractivity contribution is 5.51. The van der Waals surface area contributed by atoms with E-state index in [1.54, 1.807) is 6.07 Å². The molecule has 0 fully saturated rings. The van der Waals surface area contributed by atoms with Crippen molar-refractivity contribution < 1.29 is 28.4 Å². The molecule has 0 atom stereocenters. The maximum Gasteiger partial charge on any atom is 0.142 e. The summed E-state index contributed by atoms with van der Waals surface area (Å²) in [4.78, 5) is 0. The number of para-hydroxylation sites is 2. The second kappa shape index (κ2) is 18.0. The van der Waals surface area contributed by atoms with Crippen molar-refractivity contribution in [2.75, 3.05) is 78.4 Å². The molecule has 0 heterocycles. The number of ether oxygens (including phenoxy) is 6. The quantitative estimate of drug-likeness (QED) is 0.289. The van der Waals surface area contributed by atoms with Crippen molar-refractivity contribution >= 4 is 5.69 Å². The van der Waals surface area contributed by atoms with Crippen LogP contribution in [-0.2, 0) is 23.7 Å². The zero-order chi connectivity index (χ0) is 19.4. The van der Waals surface area contributed by atoms with Gasteiger partial charge in [-0.2, -0.15) is 0 Å². The van der Waals surface area contributed by atoms with Crippen LogP contribution in [0.2, 0.25) is 0 Å². The van der Waals surface area contributed by atoms with Crippen LogP contribution in [0.1, 0.15) is 19.8 Å². The topological polar surface area (TPSA) is 81.4 Å². The van der Waals surface area contributed by atoms with Crippen LogP contribution in [0.15, 0.2) is 24.3 Å². The molecule has 0 bridgehead atoms. The highest BCUT2D eigenvalue weighted by Crippen LogP contribution is 2.19. The van der Waals surface area contributed by atoms with E-state index in [1.165, 1.54) is 0 Å². The molecule has 0 saturated carbocycles. The van der Waals surface area contributed by atoms with E-state index in [1.807, 2.05) is 18.2 Å². The molecule has 0 saturated heterocycles. The third kappa shape index (κ3) is 14.4. The van der Waals surface area contributed by atoms with Gasteiger partial charge >= 0.3 is 0 Å². The van der Waals surface area contributed by atoms with E-state index in [9.17, 15) is 0 Å². The first kappa shape index (κ1) is 23.7. The fourth-order valence-electron chi connectivity index (χ4n) is 2.05. The summed E-state index contributed by atoms with van der Waals surface area (Å²) in [5, 5.41) is 0. The summed E-state index contributed by atoms with van der Waals surface area (Å²) in [7, 11) is 0. The maximum atomic E-state index is 5.79. The van der Waals surface area contributed by atoms with Crippen molar-refractivity contribution in [3.8, 4) is 5.75 Å². The minimum Gasteiger partial charge on any atom is -0.489 e. The zero-order valence-electron chi connectivity index (χ0n) is 16.5.